The van der Waals surface area contributed by atoms with Crippen LogP contribution in [-0.2, 0) is 17.6 Å². The quantitative estimate of drug-likeness (QED) is 0.610. The number of fused-ring (bicyclic) bond motifs is 1. The number of unbranched alkanes of at least 4 members (excludes halogenated alkanes) is 2. The Hall–Kier alpha value is -1.85. The van der Waals surface area contributed by atoms with Crippen LogP contribution in [-0.4, -0.2) is 42.6 Å². The van der Waals surface area contributed by atoms with Gasteiger partial charge >= 0.3 is 0 Å². The molecule has 0 unspecified atom stereocenters. The zero-order chi connectivity index (χ0) is 20.6. The van der Waals surface area contributed by atoms with Crippen molar-refractivity contribution in [3.05, 3.63) is 11.3 Å². The molecule has 0 radical (unpaired) electrons. The maximum absolute atomic E-state index is 11.9. The van der Waals surface area contributed by atoms with Gasteiger partial charge in [-0.05, 0) is 63.7 Å². The second-order valence-electron chi connectivity index (χ2n) is 9.02. The molecule has 2 N–H and O–H groups in total. The normalized spacial score (nSPS) is 21.3. The first kappa shape index (κ1) is 21.8. The third-order valence-electron chi connectivity index (χ3n) is 6.36. The van der Waals surface area contributed by atoms with Gasteiger partial charge in [-0.2, -0.15) is 4.98 Å². The Kier molecular flexibility index (Phi) is 8.13. The average molecular weight is 402 g/mol. The Morgan fingerprint density at radius 1 is 1.07 bits per heavy atom. The molecular formula is C23H39N5O. The molecule has 0 bridgehead atoms. The van der Waals surface area contributed by atoms with Crippen LogP contribution in [0.5, 0.6) is 0 Å². The molecule has 0 atom stereocenters. The minimum atomic E-state index is 0.220. The molecule has 0 saturated heterocycles. The van der Waals surface area contributed by atoms with Gasteiger partial charge in [-0.1, -0.05) is 19.8 Å². The van der Waals surface area contributed by atoms with Crippen LogP contribution in [0.15, 0.2) is 0 Å². The number of aromatic nitrogens is 2. The Bertz CT molecular complexity index is 667. The zero-order valence-corrected chi connectivity index (χ0v) is 18.6. The van der Waals surface area contributed by atoms with Crippen molar-refractivity contribution >= 4 is 17.7 Å². The zero-order valence-electron chi connectivity index (χ0n) is 18.6. The molecule has 29 heavy (non-hydrogen) atoms. The third-order valence-corrected chi connectivity index (χ3v) is 6.36. The molecule has 6 nitrogen and oxygen atoms in total. The summed E-state index contributed by atoms with van der Waals surface area (Å²) in [6.45, 7) is 3.00. The van der Waals surface area contributed by atoms with Crippen LogP contribution >= 0.6 is 0 Å². The number of anilines is 2. The van der Waals surface area contributed by atoms with Crippen LogP contribution in [0.4, 0.5) is 11.8 Å². The van der Waals surface area contributed by atoms with E-state index >= 15 is 0 Å². The summed E-state index contributed by atoms with van der Waals surface area (Å²) >= 11 is 0. The standard InChI is InChI=1S/C23H39N5O/c1-4-5-6-11-21(29)24-16-17-12-14-18(15-13-17)25-23-26-20-10-8-7-9-19(20)22(27-23)28(2)3/h17-18H,4-16H2,1-3H3,(H,24,29)(H,25,26,27)/t17-,18+. The second-order valence-corrected chi connectivity index (χ2v) is 9.02. The highest BCUT2D eigenvalue weighted by atomic mass is 16.1. The van der Waals surface area contributed by atoms with Crippen molar-refractivity contribution in [1.29, 1.82) is 0 Å². The van der Waals surface area contributed by atoms with Gasteiger partial charge in [0.05, 0.1) is 5.69 Å². The lowest BCUT2D eigenvalue weighted by Gasteiger charge is -2.30. The molecule has 0 aromatic carbocycles. The van der Waals surface area contributed by atoms with Crippen LogP contribution in [0.25, 0.3) is 0 Å². The average Bonchev–Trinajstić information content (AvgIpc) is 2.73. The predicted molar refractivity (Wildman–Crippen MR) is 120 cm³/mol. The highest BCUT2D eigenvalue weighted by Gasteiger charge is 2.24. The summed E-state index contributed by atoms with van der Waals surface area (Å²) in [4.78, 5) is 23.7. The van der Waals surface area contributed by atoms with E-state index in [0.717, 1.165) is 76.1 Å². The van der Waals surface area contributed by atoms with Gasteiger partial charge in [0, 0.05) is 38.7 Å². The Balaban J connectivity index is 1.47. The number of carbonyl (C=O) groups excluding carboxylic acids is 1. The molecule has 0 aliphatic heterocycles. The van der Waals surface area contributed by atoms with Gasteiger partial charge in [0.25, 0.3) is 0 Å². The molecular weight excluding hydrogens is 362 g/mol. The summed E-state index contributed by atoms with van der Waals surface area (Å²) < 4.78 is 0. The van der Waals surface area contributed by atoms with Crippen LogP contribution in [0.2, 0.25) is 0 Å². The van der Waals surface area contributed by atoms with Gasteiger partial charge in [-0.15, -0.1) is 0 Å². The molecule has 2 aliphatic carbocycles. The van der Waals surface area contributed by atoms with Crippen molar-refractivity contribution in [1.82, 2.24) is 15.3 Å². The Morgan fingerprint density at radius 3 is 2.55 bits per heavy atom. The molecule has 162 valence electrons. The lowest BCUT2D eigenvalue weighted by Crippen LogP contribution is -2.34. The Labute approximate surface area is 176 Å². The lowest BCUT2D eigenvalue weighted by molar-refractivity contribution is -0.121. The first-order valence-corrected chi connectivity index (χ1v) is 11.7. The summed E-state index contributed by atoms with van der Waals surface area (Å²) in [5.74, 6) is 2.70. The maximum Gasteiger partial charge on any atom is 0.225 e. The van der Waals surface area contributed by atoms with Crippen molar-refractivity contribution in [2.45, 2.75) is 90.0 Å². The van der Waals surface area contributed by atoms with Crippen molar-refractivity contribution < 1.29 is 4.79 Å². The van der Waals surface area contributed by atoms with E-state index in [1.807, 2.05) is 0 Å². The van der Waals surface area contributed by atoms with E-state index in [0.29, 0.717) is 18.4 Å². The smallest absolute Gasteiger partial charge is 0.225 e. The molecule has 1 aromatic heterocycles. The van der Waals surface area contributed by atoms with Gasteiger partial charge < -0.3 is 15.5 Å². The number of amides is 1. The molecule has 2 aliphatic rings. The number of aryl methyl sites for hydroxylation is 1. The molecule has 1 saturated carbocycles. The van der Waals surface area contributed by atoms with E-state index in [2.05, 4.69) is 36.6 Å². The first-order chi connectivity index (χ1) is 14.1. The SMILES string of the molecule is CCCCCC(=O)NC[C@H]1CC[C@@H](Nc2nc3c(c(N(C)C)n2)CCCC3)CC1. The molecule has 3 rings (SSSR count). The summed E-state index contributed by atoms with van der Waals surface area (Å²) in [5.41, 5.74) is 2.57. The van der Waals surface area contributed by atoms with Crippen LogP contribution in [0.3, 0.4) is 0 Å². The van der Waals surface area contributed by atoms with Crippen molar-refractivity contribution in [2.75, 3.05) is 30.9 Å². The topological polar surface area (TPSA) is 70.2 Å². The number of rotatable bonds is 9. The highest BCUT2D eigenvalue weighted by molar-refractivity contribution is 5.75. The molecule has 1 fully saturated rings. The predicted octanol–water partition coefficient (Wildman–Crippen LogP) is 4.09. The lowest BCUT2D eigenvalue weighted by atomic mass is 9.86. The second kappa shape index (κ2) is 10.8. The Morgan fingerprint density at radius 2 is 1.83 bits per heavy atom. The molecule has 6 heteroatoms. The summed E-state index contributed by atoms with van der Waals surface area (Å²) in [6.07, 6.45) is 13.2. The van der Waals surface area contributed by atoms with Gasteiger partial charge in [-0.25, -0.2) is 4.98 Å². The molecule has 0 spiro atoms. The van der Waals surface area contributed by atoms with Gasteiger partial charge in [-0.3, -0.25) is 4.79 Å². The first-order valence-electron chi connectivity index (χ1n) is 11.7. The van der Waals surface area contributed by atoms with Gasteiger partial charge in [0.1, 0.15) is 5.82 Å². The summed E-state index contributed by atoms with van der Waals surface area (Å²) in [7, 11) is 4.14. The number of hydrogen-bond acceptors (Lipinski definition) is 5. The monoisotopic (exact) mass is 401 g/mol. The maximum atomic E-state index is 11.9. The van der Waals surface area contributed by atoms with Crippen molar-refractivity contribution in [3.63, 3.8) is 0 Å². The van der Waals surface area contributed by atoms with Crippen LogP contribution in [0, 0.1) is 5.92 Å². The van der Waals surface area contributed by atoms with Crippen LogP contribution in [0.1, 0.15) is 82.4 Å². The highest BCUT2D eigenvalue weighted by Crippen LogP contribution is 2.30. The molecule has 1 amide bonds. The van der Waals surface area contributed by atoms with E-state index in [-0.39, 0.29) is 5.91 Å². The molecule has 1 aromatic rings. The van der Waals surface area contributed by atoms with E-state index in [9.17, 15) is 4.79 Å². The number of nitrogens with one attached hydrogen (secondary N) is 2. The number of hydrogen-bond donors (Lipinski definition) is 2. The van der Waals surface area contributed by atoms with Crippen molar-refractivity contribution in [3.8, 4) is 0 Å². The minimum absolute atomic E-state index is 0.220. The van der Waals surface area contributed by atoms with E-state index < -0.39 is 0 Å². The summed E-state index contributed by atoms with van der Waals surface area (Å²) in [6, 6.07) is 0.433. The van der Waals surface area contributed by atoms with Crippen molar-refractivity contribution in [2.24, 2.45) is 5.92 Å². The van der Waals surface area contributed by atoms with E-state index in [1.54, 1.807) is 0 Å². The minimum Gasteiger partial charge on any atom is -0.362 e. The number of nitrogens with zero attached hydrogens (tertiary/aromatic N) is 3. The van der Waals surface area contributed by atoms with Gasteiger partial charge in [0.2, 0.25) is 11.9 Å². The van der Waals surface area contributed by atoms with Crippen LogP contribution < -0.4 is 15.5 Å². The summed E-state index contributed by atoms with van der Waals surface area (Å²) in [5, 5.41) is 6.75. The van der Waals surface area contributed by atoms with E-state index in [4.69, 9.17) is 9.97 Å². The molecule has 1 heterocycles. The number of carbonyl (C=O) groups is 1. The fraction of sp³-hybridized carbons (Fsp3) is 0.783. The third kappa shape index (κ3) is 6.31. The largest absolute Gasteiger partial charge is 0.362 e. The fourth-order valence-corrected chi connectivity index (χ4v) is 4.58. The van der Waals surface area contributed by atoms with Gasteiger partial charge in [0.15, 0.2) is 0 Å². The fourth-order valence-electron chi connectivity index (χ4n) is 4.58. The van der Waals surface area contributed by atoms with E-state index in [1.165, 1.54) is 24.1 Å².